The van der Waals surface area contributed by atoms with Gasteiger partial charge in [0.15, 0.2) is 5.82 Å². The lowest BCUT2D eigenvalue weighted by Crippen LogP contribution is -2.09. The third-order valence-electron chi connectivity index (χ3n) is 3.40. The lowest BCUT2D eigenvalue weighted by Gasteiger charge is -2.01. The Bertz CT molecular complexity index is 341. The van der Waals surface area contributed by atoms with Crippen molar-refractivity contribution < 1.29 is 9.26 Å². The van der Waals surface area contributed by atoms with Gasteiger partial charge in [-0.3, -0.25) is 0 Å². The standard InChI is InChI=1S/C11H17N3O2/c1-3-12-6-9(1)11-13-10(16-14-11)5-8-2-4-15-7-8/h8-9,12H,1-7H2. The normalized spacial score (nSPS) is 30.0. The molecule has 0 spiro atoms. The molecule has 5 heteroatoms. The fourth-order valence-electron chi connectivity index (χ4n) is 2.38. The molecule has 0 amide bonds. The highest BCUT2D eigenvalue weighted by atomic mass is 16.5. The van der Waals surface area contributed by atoms with Crippen LogP contribution < -0.4 is 5.32 Å². The van der Waals surface area contributed by atoms with Gasteiger partial charge in [0.2, 0.25) is 5.89 Å². The van der Waals surface area contributed by atoms with E-state index in [0.717, 1.165) is 57.3 Å². The van der Waals surface area contributed by atoms with Gasteiger partial charge in [-0.15, -0.1) is 0 Å². The highest BCUT2D eigenvalue weighted by Gasteiger charge is 2.24. The summed E-state index contributed by atoms with van der Waals surface area (Å²) >= 11 is 0. The molecule has 0 saturated carbocycles. The van der Waals surface area contributed by atoms with E-state index in [1.807, 2.05) is 0 Å². The summed E-state index contributed by atoms with van der Waals surface area (Å²) in [5.74, 6) is 2.66. The first-order valence-electron chi connectivity index (χ1n) is 6.03. The topological polar surface area (TPSA) is 60.2 Å². The Morgan fingerprint density at radius 2 is 2.38 bits per heavy atom. The van der Waals surface area contributed by atoms with Crippen LogP contribution in [0.15, 0.2) is 4.52 Å². The molecule has 0 aliphatic carbocycles. The Hall–Kier alpha value is -0.940. The SMILES string of the molecule is C1CC(c2noc(CC3CCOC3)n2)CN1. The molecule has 5 nitrogen and oxygen atoms in total. The zero-order valence-corrected chi connectivity index (χ0v) is 9.32. The van der Waals surface area contributed by atoms with Crippen molar-refractivity contribution in [2.75, 3.05) is 26.3 Å². The lowest BCUT2D eigenvalue weighted by atomic mass is 10.1. The molecule has 1 aromatic heterocycles. The zero-order valence-electron chi connectivity index (χ0n) is 9.32. The molecule has 2 aliphatic rings. The van der Waals surface area contributed by atoms with Crippen LogP contribution in [0.1, 0.15) is 30.5 Å². The second-order valence-corrected chi connectivity index (χ2v) is 4.67. The van der Waals surface area contributed by atoms with Gasteiger partial charge in [0, 0.05) is 32.1 Å². The second-order valence-electron chi connectivity index (χ2n) is 4.67. The van der Waals surface area contributed by atoms with E-state index in [2.05, 4.69) is 15.5 Å². The van der Waals surface area contributed by atoms with Gasteiger partial charge >= 0.3 is 0 Å². The Labute approximate surface area is 94.6 Å². The van der Waals surface area contributed by atoms with Crippen LogP contribution in [0.3, 0.4) is 0 Å². The minimum atomic E-state index is 0.442. The van der Waals surface area contributed by atoms with E-state index in [0.29, 0.717) is 11.8 Å². The smallest absolute Gasteiger partial charge is 0.227 e. The summed E-state index contributed by atoms with van der Waals surface area (Å²) in [5, 5.41) is 7.38. The van der Waals surface area contributed by atoms with Crippen LogP contribution in [0.4, 0.5) is 0 Å². The maximum Gasteiger partial charge on any atom is 0.227 e. The van der Waals surface area contributed by atoms with E-state index in [4.69, 9.17) is 9.26 Å². The van der Waals surface area contributed by atoms with Gasteiger partial charge in [-0.05, 0) is 25.3 Å². The molecule has 1 N–H and O–H groups in total. The zero-order chi connectivity index (χ0) is 10.8. The van der Waals surface area contributed by atoms with Crippen LogP contribution >= 0.6 is 0 Å². The van der Waals surface area contributed by atoms with Gasteiger partial charge in [-0.2, -0.15) is 4.98 Å². The number of rotatable bonds is 3. The van der Waals surface area contributed by atoms with Crippen molar-refractivity contribution >= 4 is 0 Å². The van der Waals surface area contributed by atoms with E-state index in [1.54, 1.807) is 0 Å². The second kappa shape index (κ2) is 4.51. The highest BCUT2D eigenvalue weighted by molar-refractivity contribution is 5.00. The lowest BCUT2D eigenvalue weighted by molar-refractivity contribution is 0.183. The van der Waals surface area contributed by atoms with Gasteiger partial charge in [0.1, 0.15) is 0 Å². The molecule has 3 rings (SSSR count). The molecule has 2 fully saturated rings. The highest BCUT2D eigenvalue weighted by Crippen LogP contribution is 2.21. The largest absolute Gasteiger partial charge is 0.381 e. The number of nitrogens with one attached hydrogen (secondary N) is 1. The summed E-state index contributed by atoms with van der Waals surface area (Å²) in [6.45, 7) is 3.75. The van der Waals surface area contributed by atoms with Crippen LogP contribution in [-0.4, -0.2) is 36.4 Å². The van der Waals surface area contributed by atoms with Crippen LogP contribution in [0.2, 0.25) is 0 Å². The van der Waals surface area contributed by atoms with Crippen LogP contribution in [0, 0.1) is 5.92 Å². The minimum absolute atomic E-state index is 0.442. The Balaban J connectivity index is 1.62. The fourth-order valence-corrected chi connectivity index (χ4v) is 2.38. The number of aromatic nitrogens is 2. The molecule has 88 valence electrons. The summed E-state index contributed by atoms with van der Waals surface area (Å²) < 4.78 is 10.6. The maximum absolute atomic E-state index is 5.34. The van der Waals surface area contributed by atoms with Crippen LogP contribution in [0.25, 0.3) is 0 Å². The van der Waals surface area contributed by atoms with Gasteiger partial charge in [0.25, 0.3) is 0 Å². The Morgan fingerprint density at radius 1 is 1.38 bits per heavy atom. The molecule has 2 atom stereocenters. The van der Waals surface area contributed by atoms with Crippen molar-refractivity contribution in [1.29, 1.82) is 0 Å². The monoisotopic (exact) mass is 223 g/mol. The van der Waals surface area contributed by atoms with Gasteiger partial charge < -0.3 is 14.6 Å². The molecule has 0 aromatic carbocycles. The molecule has 0 bridgehead atoms. The van der Waals surface area contributed by atoms with Crippen LogP contribution in [0.5, 0.6) is 0 Å². The van der Waals surface area contributed by atoms with E-state index >= 15 is 0 Å². The summed E-state index contributed by atoms with van der Waals surface area (Å²) in [7, 11) is 0. The van der Waals surface area contributed by atoms with E-state index in [9.17, 15) is 0 Å². The molecule has 1 aromatic rings. The predicted octanol–water partition coefficient (Wildman–Crippen LogP) is 0.725. The van der Waals surface area contributed by atoms with E-state index in [-0.39, 0.29) is 0 Å². The first kappa shape index (κ1) is 10.2. The molecule has 2 unspecified atom stereocenters. The average molecular weight is 223 g/mol. The van der Waals surface area contributed by atoms with Crippen molar-refractivity contribution in [3.05, 3.63) is 11.7 Å². The average Bonchev–Trinajstić information content (AvgIpc) is 2.99. The summed E-state index contributed by atoms with van der Waals surface area (Å²) in [6.07, 6.45) is 3.10. The van der Waals surface area contributed by atoms with E-state index < -0.39 is 0 Å². The summed E-state index contributed by atoms with van der Waals surface area (Å²) in [5.41, 5.74) is 0. The van der Waals surface area contributed by atoms with Crippen molar-refractivity contribution in [2.45, 2.75) is 25.2 Å². The number of ether oxygens (including phenoxy) is 1. The first-order chi connectivity index (χ1) is 7.92. The minimum Gasteiger partial charge on any atom is -0.381 e. The van der Waals surface area contributed by atoms with E-state index in [1.165, 1.54) is 0 Å². The summed E-state index contributed by atoms with van der Waals surface area (Å²) in [6, 6.07) is 0. The Kier molecular flexibility index (Phi) is 2.88. The van der Waals surface area contributed by atoms with Crippen molar-refractivity contribution in [3.8, 4) is 0 Å². The molecule has 2 aliphatic heterocycles. The molecular formula is C11H17N3O2. The third kappa shape index (κ3) is 2.10. The van der Waals surface area contributed by atoms with Crippen molar-refractivity contribution in [2.24, 2.45) is 5.92 Å². The molecule has 0 radical (unpaired) electrons. The maximum atomic E-state index is 5.34. The first-order valence-corrected chi connectivity index (χ1v) is 6.03. The van der Waals surface area contributed by atoms with Gasteiger partial charge in [0.05, 0.1) is 0 Å². The molecule has 16 heavy (non-hydrogen) atoms. The number of nitrogens with zero attached hydrogens (tertiary/aromatic N) is 2. The quantitative estimate of drug-likeness (QED) is 0.818. The predicted molar refractivity (Wildman–Crippen MR) is 57.2 cm³/mol. The van der Waals surface area contributed by atoms with Crippen molar-refractivity contribution in [1.82, 2.24) is 15.5 Å². The molecular weight excluding hydrogens is 206 g/mol. The molecule has 2 saturated heterocycles. The van der Waals surface area contributed by atoms with Gasteiger partial charge in [-0.1, -0.05) is 5.16 Å². The van der Waals surface area contributed by atoms with Crippen molar-refractivity contribution in [3.63, 3.8) is 0 Å². The molecule has 3 heterocycles. The number of hydrogen-bond donors (Lipinski definition) is 1. The number of hydrogen-bond acceptors (Lipinski definition) is 5. The summed E-state index contributed by atoms with van der Waals surface area (Å²) in [4.78, 5) is 4.48. The van der Waals surface area contributed by atoms with Crippen LogP contribution in [-0.2, 0) is 11.2 Å². The third-order valence-corrected chi connectivity index (χ3v) is 3.40. The fraction of sp³-hybridized carbons (Fsp3) is 0.818. The Morgan fingerprint density at radius 3 is 3.12 bits per heavy atom. The van der Waals surface area contributed by atoms with Gasteiger partial charge in [-0.25, -0.2) is 0 Å².